The zero-order chi connectivity index (χ0) is 11.7. The second kappa shape index (κ2) is 4.42. The van der Waals surface area contributed by atoms with Gasteiger partial charge < -0.3 is 10.7 Å². The fourth-order valence-corrected chi connectivity index (χ4v) is 2.62. The van der Waals surface area contributed by atoms with E-state index in [1.807, 2.05) is 0 Å². The normalized spacial score (nSPS) is 14.5. The number of fused-ring (bicyclic) bond motifs is 1. The fourth-order valence-electron chi connectivity index (χ4n) is 2.62. The third-order valence-electron chi connectivity index (χ3n) is 3.30. The molecule has 0 aliphatic heterocycles. The van der Waals surface area contributed by atoms with Gasteiger partial charge in [0.25, 0.3) is 5.56 Å². The van der Waals surface area contributed by atoms with Gasteiger partial charge in [0.1, 0.15) is 0 Å². The Kier molecular flexibility index (Phi) is 3.15. The van der Waals surface area contributed by atoms with Crippen molar-refractivity contribution < 1.29 is 0 Å². The van der Waals surface area contributed by atoms with Crippen LogP contribution in [0.25, 0.3) is 0 Å². The molecule has 0 saturated carbocycles. The number of aromatic nitrogens is 1. The van der Waals surface area contributed by atoms with Crippen LogP contribution in [0.3, 0.4) is 0 Å². The van der Waals surface area contributed by atoms with Gasteiger partial charge in [-0.25, -0.2) is 0 Å². The molecule has 0 unspecified atom stereocenters. The summed E-state index contributed by atoms with van der Waals surface area (Å²) in [5, 5.41) is 0. The molecule has 0 saturated heterocycles. The van der Waals surface area contributed by atoms with E-state index in [1.165, 1.54) is 11.1 Å². The van der Waals surface area contributed by atoms with Crippen molar-refractivity contribution in [1.82, 2.24) is 4.98 Å². The molecule has 1 aliphatic carbocycles. The van der Waals surface area contributed by atoms with E-state index >= 15 is 0 Å². The van der Waals surface area contributed by atoms with Gasteiger partial charge in [-0.3, -0.25) is 4.79 Å². The first-order valence-electron chi connectivity index (χ1n) is 6.09. The Balaban J connectivity index is 2.57. The van der Waals surface area contributed by atoms with Crippen LogP contribution >= 0.6 is 0 Å². The number of rotatable bonds is 3. The van der Waals surface area contributed by atoms with Gasteiger partial charge in [-0.15, -0.1) is 0 Å². The molecule has 0 fully saturated rings. The molecule has 16 heavy (non-hydrogen) atoms. The number of H-pyrrole nitrogens is 1. The third-order valence-corrected chi connectivity index (χ3v) is 3.30. The van der Waals surface area contributed by atoms with Gasteiger partial charge in [0.2, 0.25) is 0 Å². The minimum atomic E-state index is 0.0267. The fraction of sp³-hybridized carbons (Fsp3) is 0.615. The second-order valence-corrected chi connectivity index (χ2v) is 5.02. The SMILES string of the molecule is CC(C)Cc1c2c([nH]c(=O)c1CN)CCC2. The number of nitrogens with two attached hydrogens (primary N) is 1. The predicted molar refractivity (Wildman–Crippen MR) is 65.5 cm³/mol. The van der Waals surface area contributed by atoms with Gasteiger partial charge in [-0.2, -0.15) is 0 Å². The summed E-state index contributed by atoms with van der Waals surface area (Å²) >= 11 is 0. The van der Waals surface area contributed by atoms with Crippen molar-refractivity contribution in [2.75, 3.05) is 0 Å². The van der Waals surface area contributed by atoms with E-state index in [1.54, 1.807) is 0 Å². The van der Waals surface area contributed by atoms with E-state index in [4.69, 9.17) is 5.73 Å². The molecule has 0 bridgehead atoms. The van der Waals surface area contributed by atoms with Crippen molar-refractivity contribution in [2.24, 2.45) is 11.7 Å². The van der Waals surface area contributed by atoms with Crippen LogP contribution in [-0.2, 0) is 25.8 Å². The highest BCUT2D eigenvalue weighted by Gasteiger charge is 2.20. The van der Waals surface area contributed by atoms with E-state index < -0.39 is 0 Å². The van der Waals surface area contributed by atoms with Crippen LogP contribution in [0.15, 0.2) is 4.79 Å². The van der Waals surface area contributed by atoms with Gasteiger partial charge in [0.15, 0.2) is 0 Å². The summed E-state index contributed by atoms with van der Waals surface area (Å²) in [7, 11) is 0. The Morgan fingerprint density at radius 1 is 1.31 bits per heavy atom. The largest absolute Gasteiger partial charge is 0.326 e. The predicted octanol–water partition coefficient (Wildman–Crippen LogP) is 1.52. The molecular weight excluding hydrogens is 200 g/mol. The molecule has 0 spiro atoms. The van der Waals surface area contributed by atoms with Crippen LogP contribution in [-0.4, -0.2) is 4.98 Å². The minimum absolute atomic E-state index is 0.0267. The topological polar surface area (TPSA) is 58.9 Å². The van der Waals surface area contributed by atoms with Crippen molar-refractivity contribution in [2.45, 2.75) is 46.1 Å². The van der Waals surface area contributed by atoms with Crippen LogP contribution in [0, 0.1) is 5.92 Å². The van der Waals surface area contributed by atoms with Crippen molar-refractivity contribution in [3.05, 3.63) is 32.7 Å². The summed E-state index contributed by atoms with van der Waals surface area (Å²) in [5.41, 5.74) is 10.3. The van der Waals surface area contributed by atoms with Gasteiger partial charge in [0.05, 0.1) is 0 Å². The van der Waals surface area contributed by atoms with Gasteiger partial charge in [-0.05, 0) is 42.7 Å². The molecule has 3 nitrogen and oxygen atoms in total. The first-order valence-corrected chi connectivity index (χ1v) is 6.09. The number of pyridine rings is 1. The molecule has 1 aromatic heterocycles. The lowest BCUT2D eigenvalue weighted by atomic mass is 9.94. The van der Waals surface area contributed by atoms with E-state index in [-0.39, 0.29) is 5.56 Å². The molecule has 0 amide bonds. The maximum absolute atomic E-state index is 11.9. The van der Waals surface area contributed by atoms with E-state index in [9.17, 15) is 4.79 Å². The standard InChI is InChI=1S/C13H20N2O/c1-8(2)6-10-9-4-3-5-12(9)15-13(16)11(10)7-14/h8H,3-7,14H2,1-2H3,(H,15,16). The average molecular weight is 220 g/mol. The smallest absolute Gasteiger partial charge is 0.252 e. The molecule has 2 rings (SSSR count). The van der Waals surface area contributed by atoms with Crippen LogP contribution < -0.4 is 11.3 Å². The maximum atomic E-state index is 11.9. The molecule has 3 N–H and O–H groups in total. The molecular formula is C13H20N2O. The van der Waals surface area contributed by atoms with E-state index in [2.05, 4.69) is 18.8 Å². The minimum Gasteiger partial charge on any atom is -0.326 e. The van der Waals surface area contributed by atoms with Crippen molar-refractivity contribution in [3.63, 3.8) is 0 Å². The molecule has 0 atom stereocenters. The first-order chi connectivity index (χ1) is 7.63. The van der Waals surface area contributed by atoms with Crippen LogP contribution in [0.1, 0.15) is 42.7 Å². The van der Waals surface area contributed by atoms with E-state index in [0.29, 0.717) is 12.5 Å². The zero-order valence-electron chi connectivity index (χ0n) is 10.1. The van der Waals surface area contributed by atoms with Gasteiger partial charge in [-0.1, -0.05) is 13.8 Å². The highest BCUT2D eigenvalue weighted by Crippen LogP contribution is 2.26. The molecule has 0 aromatic carbocycles. The second-order valence-electron chi connectivity index (χ2n) is 5.02. The van der Waals surface area contributed by atoms with E-state index in [0.717, 1.165) is 36.9 Å². The Morgan fingerprint density at radius 3 is 2.69 bits per heavy atom. The summed E-state index contributed by atoms with van der Waals surface area (Å²) < 4.78 is 0. The number of nitrogens with one attached hydrogen (secondary N) is 1. The third kappa shape index (κ3) is 1.92. The lowest BCUT2D eigenvalue weighted by Crippen LogP contribution is -2.22. The number of aromatic amines is 1. The summed E-state index contributed by atoms with van der Waals surface area (Å²) in [4.78, 5) is 14.9. The number of aryl methyl sites for hydroxylation is 1. The summed E-state index contributed by atoms with van der Waals surface area (Å²) in [6, 6.07) is 0. The Labute approximate surface area is 96.1 Å². The Morgan fingerprint density at radius 2 is 2.06 bits per heavy atom. The Hall–Kier alpha value is -1.09. The lowest BCUT2D eigenvalue weighted by Gasteiger charge is -2.14. The summed E-state index contributed by atoms with van der Waals surface area (Å²) in [6.45, 7) is 4.72. The van der Waals surface area contributed by atoms with Crippen LogP contribution in [0.4, 0.5) is 0 Å². The van der Waals surface area contributed by atoms with Crippen molar-refractivity contribution in [3.8, 4) is 0 Å². The highest BCUT2D eigenvalue weighted by atomic mass is 16.1. The van der Waals surface area contributed by atoms with Crippen molar-refractivity contribution >= 4 is 0 Å². The highest BCUT2D eigenvalue weighted by molar-refractivity contribution is 5.39. The molecule has 1 heterocycles. The molecule has 1 aromatic rings. The van der Waals surface area contributed by atoms with Gasteiger partial charge in [0, 0.05) is 17.8 Å². The zero-order valence-corrected chi connectivity index (χ0v) is 10.1. The lowest BCUT2D eigenvalue weighted by molar-refractivity contribution is 0.636. The average Bonchev–Trinajstić information content (AvgIpc) is 2.64. The monoisotopic (exact) mass is 220 g/mol. The quantitative estimate of drug-likeness (QED) is 0.811. The molecule has 0 radical (unpaired) electrons. The first kappa shape index (κ1) is 11.4. The van der Waals surface area contributed by atoms with Gasteiger partial charge >= 0.3 is 0 Å². The molecule has 3 heteroatoms. The molecule has 88 valence electrons. The van der Waals surface area contributed by atoms with Crippen LogP contribution in [0.5, 0.6) is 0 Å². The number of hydrogen-bond acceptors (Lipinski definition) is 2. The maximum Gasteiger partial charge on any atom is 0.252 e. The summed E-state index contributed by atoms with van der Waals surface area (Å²) in [6.07, 6.45) is 4.24. The Bertz CT molecular complexity index is 446. The summed E-state index contributed by atoms with van der Waals surface area (Å²) in [5.74, 6) is 0.566. The van der Waals surface area contributed by atoms with Crippen LogP contribution in [0.2, 0.25) is 0 Å². The molecule has 1 aliphatic rings. The van der Waals surface area contributed by atoms with Crippen molar-refractivity contribution in [1.29, 1.82) is 0 Å². The number of hydrogen-bond donors (Lipinski definition) is 2.